The van der Waals surface area contributed by atoms with Gasteiger partial charge in [-0.1, -0.05) is 42.0 Å². The number of aromatic amines is 1. The van der Waals surface area contributed by atoms with Gasteiger partial charge in [-0.25, -0.2) is 0 Å². The summed E-state index contributed by atoms with van der Waals surface area (Å²) in [6, 6.07) is 17.3. The van der Waals surface area contributed by atoms with Gasteiger partial charge in [0.05, 0.1) is 0 Å². The van der Waals surface area contributed by atoms with Gasteiger partial charge >= 0.3 is 0 Å². The molecule has 3 N–H and O–H groups in total. The highest BCUT2D eigenvalue weighted by molar-refractivity contribution is 7.80. The number of rotatable bonds is 3. The van der Waals surface area contributed by atoms with E-state index in [-0.39, 0.29) is 0 Å². The van der Waals surface area contributed by atoms with E-state index in [1.54, 1.807) is 0 Å². The largest absolute Gasteiger partial charge is 0.359 e. The molecule has 0 radical (unpaired) electrons. The number of aryl methyl sites for hydroxylation is 1. The van der Waals surface area contributed by atoms with Crippen LogP contribution < -0.4 is 10.6 Å². The van der Waals surface area contributed by atoms with E-state index in [0.29, 0.717) is 6.04 Å². The highest BCUT2D eigenvalue weighted by Crippen LogP contribution is 2.30. The van der Waals surface area contributed by atoms with E-state index in [2.05, 4.69) is 52.9 Å². The van der Waals surface area contributed by atoms with E-state index < -0.39 is 0 Å². The molecule has 1 aliphatic rings. The van der Waals surface area contributed by atoms with Gasteiger partial charge in [0.2, 0.25) is 0 Å². The Bertz CT molecular complexity index is 883. The van der Waals surface area contributed by atoms with Crippen molar-refractivity contribution in [2.45, 2.75) is 32.4 Å². The van der Waals surface area contributed by atoms with Crippen LogP contribution in [0.15, 0.2) is 48.5 Å². The monoisotopic (exact) mass is 335 g/mol. The standard InChI is InChI=1S/C20H21N3S/c1-13-7-8-18-16(9-13)17-10-15(11-19(17)23-18)22-20(24)21-12-14-5-3-2-4-6-14/h2-9,15,23H,10-12H2,1H3,(H2,21,22,24). The van der Waals surface area contributed by atoms with E-state index in [0.717, 1.165) is 24.5 Å². The zero-order chi connectivity index (χ0) is 16.5. The molecule has 1 aliphatic carbocycles. The summed E-state index contributed by atoms with van der Waals surface area (Å²) in [6.07, 6.45) is 2.02. The molecular formula is C20H21N3S. The summed E-state index contributed by atoms with van der Waals surface area (Å²) < 4.78 is 0. The minimum Gasteiger partial charge on any atom is -0.359 e. The number of nitrogens with one attached hydrogen (secondary N) is 3. The summed E-state index contributed by atoms with van der Waals surface area (Å²) >= 11 is 5.46. The molecule has 3 nitrogen and oxygen atoms in total. The van der Waals surface area contributed by atoms with Gasteiger partial charge in [-0.05, 0) is 48.8 Å². The van der Waals surface area contributed by atoms with Crippen molar-refractivity contribution in [2.75, 3.05) is 0 Å². The van der Waals surface area contributed by atoms with Crippen LogP contribution in [-0.2, 0) is 19.4 Å². The van der Waals surface area contributed by atoms with Gasteiger partial charge in [0.15, 0.2) is 5.11 Å². The van der Waals surface area contributed by atoms with Crippen molar-refractivity contribution in [3.63, 3.8) is 0 Å². The Balaban J connectivity index is 1.38. The highest BCUT2D eigenvalue weighted by Gasteiger charge is 2.25. The van der Waals surface area contributed by atoms with Gasteiger partial charge in [-0.2, -0.15) is 0 Å². The van der Waals surface area contributed by atoms with E-state index in [1.807, 2.05) is 18.2 Å². The van der Waals surface area contributed by atoms with Crippen molar-refractivity contribution in [3.8, 4) is 0 Å². The second-order valence-electron chi connectivity index (χ2n) is 6.55. The lowest BCUT2D eigenvalue weighted by Gasteiger charge is -2.16. The predicted octanol–water partition coefficient (Wildman–Crippen LogP) is 3.61. The molecule has 122 valence electrons. The Hall–Kier alpha value is -2.33. The molecule has 3 aromatic rings. The maximum atomic E-state index is 5.46. The minimum atomic E-state index is 0.368. The molecule has 2 aromatic carbocycles. The number of benzene rings is 2. The van der Waals surface area contributed by atoms with Crippen LogP contribution in [0.2, 0.25) is 0 Å². The first-order chi connectivity index (χ1) is 11.7. The van der Waals surface area contributed by atoms with Gasteiger partial charge in [-0.15, -0.1) is 0 Å². The van der Waals surface area contributed by atoms with Gasteiger partial charge in [0, 0.05) is 35.6 Å². The average Bonchev–Trinajstić information content (AvgIpc) is 3.11. The number of hydrogen-bond donors (Lipinski definition) is 3. The highest BCUT2D eigenvalue weighted by atomic mass is 32.1. The summed E-state index contributed by atoms with van der Waals surface area (Å²) in [5.41, 5.74) is 6.57. The molecule has 0 aliphatic heterocycles. The van der Waals surface area contributed by atoms with E-state index in [9.17, 15) is 0 Å². The van der Waals surface area contributed by atoms with Gasteiger partial charge in [0.1, 0.15) is 0 Å². The lowest BCUT2D eigenvalue weighted by molar-refractivity contribution is 0.630. The third-order valence-corrected chi connectivity index (χ3v) is 4.94. The Labute approximate surface area is 147 Å². The Morgan fingerprint density at radius 1 is 1.17 bits per heavy atom. The quantitative estimate of drug-likeness (QED) is 0.641. The Morgan fingerprint density at radius 3 is 2.83 bits per heavy atom. The molecular weight excluding hydrogens is 314 g/mol. The SMILES string of the molecule is Cc1ccc2[nH]c3c(c2c1)CC(NC(=S)NCc1ccccc1)C3. The first-order valence-electron chi connectivity index (χ1n) is 8.37. The molecule has 4 heteroatoms. The first-order valence-corrected chi connectivity index (χ1v) is 8.78. The fourth-order valence-corrected chi connectivity index (χ4v) is 3.75. The average molecular weight is 335 g/mol. The van der Waals surface area contributed by atoms with Crippen molar-refractivity contribution in [1.82, 2.24) is 15.6 Å². The molecule has 4 rings (SSSR count). The lowest BCUT2D eigenvalue weighted by Crippen LogP contribution is -2.42. The number of aromatic nitrogens is 1. The maximum absolute atomic E-state index is 5.46. The zero-order valence-electron chi connectivity index (χ0n) is 13.7. The topological polar surface area (TPSA) is 39.9 Å². The predicted molar refractivity (Wildman–Crippen MR) is 103 cm³/mol. The van der Waals surface area contributed by atoms with Crippen LogP contribution in [0.5, 0.6) is 0 Å². The fourth-order valence-electron chi connectivity index (χ4n) is 3.51. The summed E-state index contributed by atoms with van der Waals surface area (Å²) in [4.78, 5) is 3.56. The van der Waals surface area contributed by atoms with Gasteiger partial charge in [0.25, 0.3) is 0 Å². The summed E-state index contributed by atoms with van der Waals surface area (Å²) in [5.74, 6) is 0. The lowest BCUT2D eigenvalue weighted by atomic mass is 10.1. The molecule has 0 bridgehead atoms. The van der Waals surface area contributed by atoms with Gasteiger partial charge < -0.3 is 15.6 Å². The summed E-state index contributed by atoms with van der Waals surface area (Å²) in [7, 11) is 0. The molecule has 0 saturated carbocycles. The normalized spacial score (nSPS) is 16.1. The van der Waals surface area contributed by atoms with Crippen LogP contribution in [0.25, 0.3) is 10.9 Å². The van der Waals surface area contributed by atoms with Crippen molar-refractivity contribution in [1.29, 1.82) is 0 Å². The van der Waals surface area contributed by atoms with Crippen LogP contribution in [0.3, 0.4) is 0 Å². The molecule has 0 saturated heterocycles. The molecule has 1 atom stereocenters. The Kier molecular flexibility index (Phi) is 3.98. The third-order valence-electron chi connectivity index (χ3n) is 4.68. The summed E-state index contributed by atoms with van der Waals surface area (Å²) in [5, 5.41) is 8.85. The van der Waals surface area contributed by atoms with E-state index in [1.165, 1.54) is 33.3 Å². The van der Waals surface area contributed by atoms with E-state index >= 15 is 0 Å². The second-order valence-corrected chi connectivity index (χ2v) is 6.96. The molecule has 1 aromatic heterocycles. The number of H-pyrrole nitrogens is 1. The molecule has 0 spiro atoms. The van der Waals surface area contributed by atoms with Crippen molar-refractivity contribution in [3.05, 3.63) is 70.9 Å². The molecule has 1 heterocycles. The maximum Gasteiger partial charge on any atom is 0.166 e. The number of hydrogen-bond acceptors (Lipinski definition) is 1. The van der Waals surface area contributed by atoms with Crippen molar-refractivity contribution < 1.29 is 0 Å². The van der Waals surface area contributed by atoms with Crippen LogP contribution in [0.4, 0.5) is 0 Å². The molecule has 0 amide bonds. The van der Waals surface area contributed by atoms with Crippen molar-refractivity contribution >= 4 is 28.2 Å². The van der Waals surface area contributed by atoms with Crippen molar-refractivity contribution in [2.24, 2.45) is 0 Å². The van der Waals surface area contributed by atoms with Crippen LogP contribution in [-0.4, -0.2) is 16.1 Å². The second kappa shape index (κ2) is 6.29. The van der Waals surface area contributed by atoms with E-state index in [4.69, 9.17) is 12.2 Å². The molecule has 24 heavy (non-hydrogen) atoms. The number of thiocarbonyl (C=S) groups is 1. The molecule has 0 fully saturated rings. The fraction of sp³-hybridized carbons (Fsp3) is 0.250. The van der Waals surface area contributed by atoms with Crippen LogP contribution in [0, 0.1) is 6.92 Å². The minimum absolute atomic E-state index is 0.368. The molecule has 1 unspecified atom stereocenters. The number of fused-ring (bicyclic) bond motifs is 3. The van der Waals surface area contributed by atoms with Gasteiger partial charge in [-0.3, -0.25) is 0 Å². The van der Waals surface area contributed by atoms with Crippen LogP contribution in [0.1, 0.15) is 22.4 Å². The smallest absolute Gasteiger partial charge is 0.166 e. The zero-order valence-corrected chi connectivity index (χ0v) is 14.5. The van der Waals surface area contributed by atoms with Crippen LogP contribution >= 0.6 is 12.2 Å². The third kappa shape index (κ3) is 3.02. The first kappa shape index (κ1) is 15.2. The summed E-state index contributed by atoms with van der Waals surface area (Å²) in [6.45, 7) is 2.90. The Morgan fingerprint density at radius 2 is 2.00 bits per heavy atom.